The molecule has 2 fully saturated rings. The van der Waals surface area contributed by atoms with E-state index < -0.39 is 17.2 Å². The summed E-state index contributed by atoms with van der Waals surface area (Å²) in [5, 5.41) is 9.28. The second-order valence-electron chi connectivity index (χ2n) is 7.53. The first-order valence-corrected chi connectivity index (χ1v) is 9.70. The van der Waals surface area contributed by atoms with E-state index >= 15 is 0 Å². The summed E-state index contributed by atoms with van der Waals surface area (Å²) < 4.78 is 30.5. The second kappa shape index (κ2) is 7.55. The molecule has 0 bridgehead atoms. The SMILES string of the molecule is NCC(F)=C1CCCN(c2nc3c(cc2F)c(=O)c(C(=O)O)cn3C2CC2)CC1. The normalized spacial score (nSPS) is 19.3. The quantitative estimate of drug-likeness (QED) is 0.813. The fourth-order valence-electron chi connectivity index (χ4n) is 3.86. The van der Waals surface area contributed by atoms with Crippen molar-refractivity contribution in [1.82, 2.24) is 9.55 Å². The number of anilines is 1. The molecule has 154 valence electrons. The number of carboxylic acids is 1. The van der Waals surface area contributed by atoms with Crippen LogP contribution in [0.4, 0.5) is 14.6 Å². The molecule has 0 spiro atoms. The number of nitrogens with two attached hydrogens (primary N) is 1. The fourth-order valence-corrected chi connectivity index (χ4v) is 3.86. The third-order valence-corrected chi connectivity index (χ3v) is 5.56. The van der Waals surface area contributed by atoms with Gasteiger partial charge < -0.3 is 20.3 Å². The van der Waals surface area contributed by atoms with Crippen molar-refractivity contribution in [1.29, 1.82) is 0 Å². The Morgan fingerprint density at radius 2 is 2.07 bits per heavy atom. The number of hydrogen-bond donors (Lipinski definition) is 2. The Hall–Kier alpha value is -2.81. The first-order valence-electron chi connectivity index (χ1n) is 9.70. The Labute approximate surface area is 165 Å². The van der Waals surface area contributed by atoms with E-state index in [0.717, 1.165) is 18.9 Å². The molecular weight excluding hydrogens is 382 g/mol. The number of nitrogens with zero attached hydrogens (tertiary/aromatic N) is 3. The van der Waals surface area contributed by atoms with Gasteiger partial charge in [0, 0.05) is 31.9 Å². The zero-order valence-corrected chi connectivity index (χ0v) is 15.8. The summed E-state index contributed by atoms with van der Waals surface area (Å²) in [6.07, 6.45) is 4.62. The van der Waals surface area contributed by atoms with E-state index in [2.05, 4.69) is 4.98 Å². The summed E-state index contributed by atoms with van der Waals surface area (Å²) in [4.78, 5) is 30.2. The average Bonchev–Trinajstić information content (AvgIpc) is 3.54. The van der Waals surface area contributed by atoms with E-state index in [1.165, 1.54) is 6.20 Å². The molecule has 2 aromatic rings. The molecule has 0 unspecified atom stereocenters. The van der Waals surface area contributed by atoms with Crippen molar-refractivity contribution in [3.8, 4) is 0 Å². The van der Waals surface area contributed by atoms with E-state index in [0.29, 0.717) is 37.9 Å². The number of hydrogen-bond acceptors (Lipinski definition) is 5. The van der Waals surface area contributed by atoms with Gasteiger partial charge in [-0.25, -0.2) is 18.6 Å². The largest absolute Gasteiger partial charge is 0.477 e. The van der Waals surface area contributed by atoms with E-state index in [9.17, 15) is 23.5 Å². The van der Waals surface area contributed by atoms with Crippen LogP contribution < -0.4 is 16.1 Å². The molecule has 0 aromatic carbocycles. The Balaban J connectivity index is 1.80. The maximum absolute atomic E-state index is 14.9. The molecule has 2 aliphatic rings. The molecule has 3 N–H and O–H groups in total. The Kier molecular flexibility index (Phi) is 5.08. The van der Waals surface area contributed by atoms with E-state index in [1.807, 2.05) is 0 Å². The van der Waals surface area contributed by atoms with E-state index in [4.69, 9.17) is 5.73 Å². The van der Waals surface area contributed by atoms with Gasteiger partial charge in [0.1, 0.15) is 17.0 Å². The van der Waals surface area contributed by atoms with Gasteiger partial charge in [-0.05, 0) is 43.7 Å². The molecule has 29 heavy (non-hydrogen) atoms. The van der Waals surface area contributed by atoms with Crippen LogP contribution in [0.5, 0.6) is 0 Å². The highest BCUT2D eigenvalue weighted by molar-refractivity contribution is 5.92. The maximum atomic E-state index is 14.9. The van der Waals surface area contributed by atoms with E-state index in [1.54, 1.807) is 9.47 Å². The van der Waals surface area contributed by atoms with Crippen molar-refractivity contribution in [2.24, 2.45) is 5.73 Å². The molecule has 1 aliphatic carbocycles. The summed E-state index contributed by atoms with van der Waals surface area (Å²) in [6, 6.07) is 1.13. The topological polar surface area (TPSA) is 101 Å². The highest BCUT2D eigenvalue weighted by Gasteiger charge is 2.29. The van der Waals surface area contributed by atoms with Crippen LogP contribution in [-0.2, 0) is 0 Å². The lowest BCUT2D eigenvalue weighted by Gasteiger charge is -2.23. The van der Waals surface area contributed by atoms with Gasteiger partial charge in [0.15, 0.2) is 11.6 Å². The number of fused-ring (bicyclic) bond motifs is 1. The Morgan fingerprint density at radius 1 is 1.31 bits per heavy atom. The van der Waals surface area contributed by atoms with Crippen LogP contribution in [-0.4, -0.2) is 40.3 Å². The zero-order chi connectivity index (χ0) is 20.7. The molecule has 7 nitrogen and oxygen atoms in total. The van der Waals surface area contributed by atoms with Crippen molar-refractivity contribution >= 4 is 22.8 Å². The monoisotopic (exact) mass is 404 g/mol. The third-order valence-electron chi connectivity index (χ3n) is 5.56. The number of aromatic carboxylic acids is 1. The third kappa shape index (κ3) is 3.62. The van der Waals surface area contributed by atoms with Crippen molar-refractivity contribution in [2.75, 3.05) is 24.5 Å². The lowest BCUT2D eigenvalue weighted by Crippen LogP contribution is -2.27. The molecule has 4 rings (SSSR count). The lowest BCUT2D eigenvalue weighted by molar-refractivity contribution is 0.0695. The molecule has 9 heteroatoms. The van der Waals surface area contributed by atoms with E-state index in [-0.39, 0.29) is 40.8 Å². The van der Waals surface area contributed by atoms with Gasteiger partial charge in [0.05, 0.1) is 5.39 Å². The minimum atomic E-state index is -1.34. The highest BCUT2D eigenvalue weighted by atomic mass is 19.1. The van der Waals surface area contributed by atoms with Gasteiger partial charge in [-0.15, -0.1) is 0 Å². The van der Waals surface area contributed by atoms with Crippen LogP contribution in [0.25, 0.3) is 11.0 Å². The molecule has 1 saturated carbocycles. The van der Waals surface area contributed by atoms with Crippen molar-refractivity contribution in [2.45, 2.75) is 38.1 Å². The smallest absolute Gasteiger partial charge is 0.341 e. The van der Waals surface area contributed by atoms with Gasteiger partial charge in [0.25, 0.3) is 0 Å². The molecule has 3 heterocycles. The highest BCUT2D eigenvalue weighted by Crippen LogP contribution is 2.37. The molecule has 0 amide bonds. The number of pyridine rings is 2. The van der Waals surface area contributed by atoms with Gasteiger partial charge in [-0.3, -0.25) is 4.79 Å². The molecule has 0 atom stereocenters. The summed E-state index contributed by atoms with van der Waals surface area (Å²) in [5.41, 5.74) is 5.20. The fraction of sp³-hybridized carbons (Fsp3) is 0.450. The van der Waals surface area contributed by atoms with Gasteiger partial charge in [-0.1, -0.05) is 0 Å². The summed E-state index contributed by atoms with van der Waals surface area (Å²) >= 11 is 0. The predicted molar refractivity (Wildman–Crippen MR) is 104 cm³/mol. The second-order valence-corrected chi connectivity index (χ2v) is 7.53. The number of carboxylic acid groups (broad SMARTS) is 1. The van der Waals surface area contributed by atoms with Crippen LogP contribution >= 0.6 is 0 Å². The Morgan fingerprint density at radius 3 is 2.72 bits per heavy atom. The van der Waals surface area contributed by atoms with Gasteiger partial charge in [0.2, 0.25) is 5.43 Å². The van der Waals surface area contributed by atoms with Crippen LogP contribution in [0.3, 0.4) is 0 Å². The number of carbonyl (C=O) groups is 1. The van der Waals surface area contributed by atoms with Gasteiger partial charge in [-0.2, -0.15) is 0 Å². The lowest BCUT2D eigenvalue weighted by atomic mass is 10.1. The zero-order valence-electron chi connectivity index (χ0n) is 15.8. The van der Waals surface area contributed by atoms with Gasteiger partial charge >= 0.3 is 5.97 Å². The number of aromatic nitrogens is 2. The van der Waals surface area contributed by atoms with Crippen molar-refractivity contribution < 1.29 is 18.7 Å². The molecule has 2 aromatic heterocycles. The molecule has 1 saturated heterocycles. The van der Waals surface area contributed by atoms with Crippen molar-refractivity contribution in [3.05, 3.63) is 45.3 Å². The van der Waals surface area contributed by atoms with Crippen LogP contribution in [0.1, 0.15) is 48.5 Å². The number of rotatable bonds is 4. The molecule has 0 radical (unpaired) electrons. The van der Waals surface area contributed by atoms with Crippen LogP contribution in [0, 0.1) is 5.82 Å². The first-order chi connectivity index (χ1) is 13.9. The standard InChI is InChI=1S/C20H22F2N4O3/c21-15-8-13-17(27)14(20(28)29)10-26(12-3-4-12)18(13)24-19(15)25-6-1-2-11(5-7-25)16(22)9-23/h8,10,12H,1-7,9,23H2,(H,28,29). The molecular formula is C20H22F2N4O3. The average molecular weight is 404 g/mol. The Bertz CT molecular complexity index is 1080. The minimum Gasteiger partial charge on any atom is -0.477 e. The van der Waals surface area contributed by atoms with Crippen LogP contribution in [0.15, 0.2) is 28.5 Å². The summed E-state index contributed by atoms with van der Waals surface area (Å²) in [7, 11) is 0. The summed E-state index contributed by atoms with van der Waals surface area (Å²) in [5.74, 6) is -2.25. The predicted octanol–water partition coefficient (Wildman–Crippen LogP) is 2.74. The maximum Gasteiger partial charge on any atom is 0.341 e. The molecule has 1 aliphatic heterocycles. The van der Waals surface area contributed by atoms with Crippen LogP contribution in [0.2, 0.25) is 0 Å². The number of halogens is 2. The minimum absolute atomic E-state index is 0.0392. The first kappa shape index (κ1) is 19.5. The summed E-state index contributed by atoms with van der Waals surface area (Å²) in [6.45, 7) is 0.744. The van der Waals surface area contributed by atoms with Crippen molar-refractivity contribution in [3.63, 3.8) is 0 Å².